The summed E-state index contributed by atoms with van der Waals surface area (Å²) in [5.74, 6) is 0. The predicted molar refractivity (Wildman–Crippen MR) is 84.1 cm³/mol. The third-order valence-corrected chi connectivity index (χ3v) is 6.13. The standard InChI is InChI=1S/C14H12Cl2S2/c1-9-11(15)5-3-7-13(9)17-18-14-8-4-6-12(16)10(14)2/h3-8H,1-2H3. The molecular weight excluding hydrogens is 303 g/mol. The normalized spacial score (nSPS) is 10.7. The summed E-state index contributed by atoms with van der Waals surface area (Å²) in [4.78, 5) is 2.37. The highest BCUT2D eigenvalue weighted by atomic mass is 35.5. The second-order valence-corrected chi connectivity index (χ2v) is 6.92. The molecule has 94 valence electrons. The Morgan fingerprint density at radius 3 is 1.50 bits per heavy atom. The van der Waals surface area contributed by atoms with Crippen LogP contribution in [-0.4, -0.2) is 0 Å². The van der Waals surface area contributed by atoms with Crippen LogP contribution in [0.4, 0.5) is 0 Å². The molecule has 4 heteroatoms. The van der Waals surface area contributed by atoms with Gasteiger partial charge < -0.3 is 0 Å². The van der Waals surface area contributed by atoms with E-state index >= 15 is 0 Å². The van der Waals surface area contributed by atoms with Gasteiger partial charge in [0, 0.05) is 19.8 Å². The molecule has 0 bridgehead atoms. The van der Waals surface area contributed by atoms with Gasteiger partial charge in [0.15, 0.2) is 0 Å². The fraction of sp³-hybridized carbons (Fsp3) is 0.143. The van der Waals surface area contributed by atoms with Crippen LogP contribution in [0, 0.1) is 13.8 Å². The molecule has 0 atom stereocenters. The van der Waals surface area contributed by atoms with Crippen molar-refractivity contribution in [1.29, 1.82) is 0 Å². The van der Waals surface area contributed by atoms with Crippen LogP contribution in [0.2, 0.25) is 10.0 Å². The average molecular weight is 315 g/mol. The first kappa shape index (κ1) is 14.1. The number of rotatable bonds is 3. The van der Waals surface area contributed by atoms with Gasteiger partial charge in [-0.05, 0) is 49.2 Å². The lowest BCUT2D eigenvalue weighted by Gasteiger charge is -2.08. The largest absolute Gasteiger partial charge is 0.0840 e. The summed E-state index contributed by atoms with van der Waals surface area (Å²) >= 11 is 12.2. The minimum Gasteiger partial charge on any atom is -0.0840 e. The summed E-state index contributed by atoms with van der Waals surface area (Å²) in [7, 11) is 3.42. The maximum Gasteiger partial charge on any atom is 0.0446 e. The Labute approximate surface area is 125 Å². The van der Waals surface area contributed by atoms with Gasteiger partial charge in [-0.2, -0.15) is 0 Å². The molecule has 0 heterocycles. The first-order valence-electron chi connectivity index (χ1n) is 5.44. The summed E-state index contributed by atoms with van der Waals surface area (Å²) in [5.41, 5.74) is 2.24. The number of hydrogen-bond acceptors (Lipinski definition) is 2. The Morgan fingerprint density at radius 1 is 0.722 bits per heavy atom. The van der Waals surface area contributed by atoms with E-state index < -0.39 is 0 Å². The third-order valence-electron chi connectivity index (χ3n) is 2.66. The Bertz CT molecular complexity index is 516. The van der Waals surface area contributed by atoms with Gasteiger partial charge in [-0.3, -0.25) is 0 Å². The molecule has 0 unspecified atom stereocenters. The maximum atomic E-state index is 6.11. The van der Waals surface area contributed by atoms with Gasteiger partial charge in [0.05, 0.1) is 0 Å². The van der Waals surface area contributed by atoms with E-state index in [2.05, 4.69) is 12.1 Å². The van der Waals surface area contributed by atoms with E-state index in [1.54, 1.807) is 21.6 Å². The Kier molecular flexibility index (Phi) is 4.91. The van der Waals surface area contributed by atoms with Crippen LogP contribution in [0.25, 0.3) is 0 Å². The van der Waals surface area contributed by atoms with E-state index in [1.165, 1.54) is 9.79 Å². The lowest BCUT2D eigenvalue weighted by atomic mass is 10.2. The lowest BCUT2D eigenvalue weighted by molar-refractivity contribution is 1.30. The second-order valence-electron chi connectivity index (χ2n) is 3.89. The van der Waals surface area contributed by atoms with E-state index in [1.807, 2.05) is 38.1 Å². The molecule has 0 aliphatic carbocycles. The van der Waals surface area contributed by atoms with Crippen LogP contribution in [-0.2, 0) is 0 Å². The molecule has 2 rings (SSSR count). The van der Waals surface area contributed by atoms with Gasteiger partial charge >= 0.3 is 0 Å². The molecule has 0 radical (unpaired) electrons. The predicted octanol–water partition coefficient (Wildman–Crippen LogP) is 6.41. The van der Waals surface area contributed by atoms with E-state index in [0.717, 1.165) is 21.2 Å². The second kappa shape index (κ2) is 6.25. The molecular formula is C14H12Cl2S2. The molecule has 0 nitrogen and oxygen atoms in total. The zero-order valence-corrected chi connectivity index (χ0v) is 13.2. The van der Waals surface area contributed by atoms with Gasteiger partial charge in [0.25, 0.3) is 0 Å². The Balaban J connectivity index is 2.17. The van der Waals surface area contributed by atoms with Crippen molar-refractivity contribution in [2.45, 2.75) is 23.6 Å². The molecule has 0 N–H and O–H groups in total. The first-order valence-corrected chi connectivity index (χ1v) is 8.35. The minimum absolute atomic E-state index is 0.809. The molecule has 0 saturated heterocycles. The molecule has 0 amide bonds. The number of halogens is 2. The number of benzene rings is 2. The highest BCUT2D eigenvalue weighted by Gasteiger charge is 2.07. The van der Waals surface area contributed by atoms with Crippen molar-refractivity contribution in [3.63, 3.8) is 0 Å². The van der Waals surface area contributed by atoms with Crippen LogP contribution in [0.3, 0.4) is 0 Å². The monoisotopic (exact) mass is 314 g/mol. The summed E-state index contributed by atoms with van der Waals surface area (Å²) in [6.45, 7) is 4.08. The van der Waals surface area contributed by atoms with Gasteiger partial charge in [-0.25, -0.2) is 0 Å². The summed E-state index contributed by atoms with van der Waals surface area (Å²) in [6, 6.07) is 11.9. The van der Waals surface area contributed by atoms with Gasteiger partial charge in [0.2, 0.25) is 0 Å². The van der Waals surface area contributed by atoms with E-state index in [9.17, 15) is 0 Å². The van der Waals surface area contributed by atoms with Crippen molar-refractivity contribution in [2.24, 2.45) is 0 Å². The molecule has 0 aromatic heterocycles. The van der Waals surface area contributed by atoms with Crippen molar-refractivity contribution in [1.82, 2.24) is 0 Å². The third kappa shape index (κ3) is 3.18. The average Bonchev–Trinajstić information content (AvgIpc) is 2.36. The molecule has 18 heavy (non-hydrogen) atoms. The zero-order chi connectivity index (χ0) is 13.1. The first-order chi connectivity index (χ1) is 8.59. The van der Waals surface area contributed by atoms with Crippen LogP contribution < -0.4 is 0 Å². The van der Waals surface area contributed by atoms with Crippen LogP contribution in [0.1, 0.15) is 11.1 Å². The highest BCUT2D eigenvalue weighted by molar-refractivity contribution is 8.76. The topological polar surface area (TPSA) is 0 Å². The van der Waals surface area contributed by atoms with Crippen molar-refractivity contribution < 1.29 is 0 Å². The molecule has 2 aromatic carbocycles. The molecule has 0 fully saturated rings. The molecule has 0 aliphatic heterocycles. The fourth-order valence-electron chi connectivity index (χ4n) is 1.45. The van der Waals surface area contributed by atoms with Gasteiger partial charge in [-0.1, -0.05) is 56.9 Å². The molecule has 0 saturated carbocycles. The van der Waals surface area contributed by atoms with Crippen molar-refractivity contribution >= 4 is 44.8 Å². The van der Waals surface area contributed by atoms with E-state index in [4.69, 9.17) is 23.2 Å². The van der Waals surface area contributed by atoms with Crippen molar-refractivity contribution in [3.8, 4) is 0 Å². The van der Waals surface area contributed by atoms with Crippen LogP contribution >= 0.6 is 44.8 Å². The zero-order valence-electron chi connectivity index (χ0n) is 10.0. The van der Waals surface area contributed by atoms with Crippen molar-refractivity contribution in [3.05, 3.63) is 57.6 Å². The fourth-order valence-corrected chi connectivity index (χ4v) is 4.45. The Morgan fingerprint density at radius 2 is 1.11 bits per heavy atom. The SMILES string of the molecule is Cc1c(Cl)cccc1SSc1cccc(Cl)c1C. The molecule has 0 spiro atoms. The minimum atomic E-state index is 0.809. The number of hydrogen-bond donors (Lipinski definition) is 0. The Hall–Kier alpha value is -0.280. The highest BCUT2D eigenvalue weighted by Crippen LogP contribution is 2.42. The molecule has 2 aromatic rings. The van der Waals surface area contributed by atoms with Crippen molar-refractivity contribution in [2.75, 3.05) is 0 Å². The van der Waals surface area contributed by atoms with Gasteiger partial charge in [-0.15, -0.1) is 0 Å². The lowest BCUT2D eigenvalue weighted by Crippen LogP contribution is -1.81. The maximum absolute atomic E-state index is 6.11. The van der Waals surface area contributed by atoms with Crippen LogP contribution in [0.15, 0.2) is 46.2 Å². The van der Waals surface area contributed by atoms with Gasteiger partial charge in [0.1, 0.15) is 0 Å². The summed E-state index contributed by atoms with van der Waals surface area (Å²) in [6.07, 6.45) is 0. The smallest absolute Gasteiger partial charge is 0.0446 e. The van der Waals surface area contributed by atoms with Crippen LogP contribution in [0.5, 0.6) is 0 Å². The molecule has 0 aliphatic rings. The van der Waals surface area contributed by atoms with E-state index in [-0.39, 0.29) is 0 Å². The quantitative estimate of drug-likeness (QED) is 0.600. The van der Waals surface area contributed by atoms with E-state index in [0.29, 0.717) is 0 Å². The summed E-state index contributed by atoms with van der Waals surface area (Å²) < 4.78 is 0. The summed E-state index contributed by atoms with van der Waals surface area (Å²) in [5, 5.41) is 1.62.